The van der Waals surface area contributed by atoms with E-state index in [-0.39, 0.29) is 5.82 Å². The van der Waals surface area contributed by atoms with Gasteiger partial charge >= 0.3 is 0 Å². The lowest BCUT2D eigenvalue weighted by molar-refractivity contribution is 0.346. The Bertz CT molecular complexity index is 310. The minimum Gasteiger partial charge on any atom is -0.316 e. The van der Waals surface area contributed by atoms with Crippen molar-refractivity contribution in [2.24, 2.45) is 5.92 Å². The van der Waals surface area contributed by atoms with Crippen LogP contribution in [0, 0.1) is 11.7 Å². The molecule has 0 aromatic heterocycles. The van der Waals surface area contributed by atoms with Gasteiger partial charge in [0.15, 0.2) is 0 Å². The smallest absolute Gasteiger partial charge is 0.123 e. The van der Waals surface area contributed by atoms with Gasteiger partial charge in [0.2, 0.25) is 0 Å². The van der Waals surface area contributed by atoms with E-state index in [0.717, 1.165) is 25.1 Å². The van der Waals surface area contributed by atoms with Crippen molar-refractivity contribution in [2.75, 3.05) is 13.1 Å². The summed E-state index contributed by atoms with van der Waals surface area (Å²) in [5, 5.41) is 3.85. The molecule has 70 valence electrons. The number of hydrogen-bond donors (Lipinski definition) is 1. The third kappa shape index (κ3) is 2.01. The predicted molar refractivity (Wildman–Crippen MR) is 51.5 cm³/mol. The van der Waals surface area contributed by atoms with Crippen molar-refractivity contribution in [1.29, 1.82) is 0 Å². The maximum atomic E-state index is 12.8. The van der Waals surface area contributed by atoms with Crippen molar-refractivity contribution in [3.63, 3.8) is 0 Å². The van der Waals surface area contributed by atoms with E-state index in [0.29, 0.717) is 10.9 Å². The first-order valence-electron chi connectivity index (χ1n) is 4.40. The van der Waals surface area contributed by atoms with Crippen LogP contribution in [0.1, 0.15) is 5.56 Å². The molecule has 1 nitrogen and oxygen atoms in total. The summed E-state index contributed by atoms with van der Waals surface area (Å²) in [7, 11) is 0. The molecule has 1 aliphatic heterocycles. The fourth-order valence-electron chi connectivity index (χ4n) is 1.50. The Balaban J connectivity index is 2.13. The van der Waals surface area contributed by atoms with Crippen LogP contribution in [0.3, 0.4) is 0 Å². The second-order valence-corrected chi connectivity index (χ2v) is 3.87. The molecule has 0 spiro atoms. The zero-order valence-electron chi connectivity index (χ0n) is 7.19. The number of hydrogen-bond acceptors (Lipinski definition) is 1. The molecule has 1 aromatic carbocycles. The highest BCUT2D eigenvalue weighted by Gasteiger charge is 2.18. The fourth-order valence-corrected chi connectivity index (χ4v) is 1.70. The molecule has 0 unspecified atom stereocenters. The summed E-state index contributed by atoms with van der Waals surface area (Å²) in [6.45, 7) is 2.04. The van der Waals surface area contributed by atoms with Crippen LogP contribution in [-0.2, 0) is 6.42 Å². The van der Waals surface area contributed by atoms with E-state index < -0.39 is 0 Å². The van der Waals surface area contributed by atoms with Gasteiger partial charge in [-0.1, -0.05) is 11.6 Å². The number of nitrogens with one attached hydrogen (secondary N) is 1. The van der Waals surface area contributed by atoms with Crippen molar-refractivity contribution in [1.82, 2.24) is 5.32 Å². The summed E-state index contributed by atoms with van der Waals surface area (Å²) < 4.78 is 12.8. The molecular weight excluding hydrogens is 189 g/mol. The first kappa shape index (κ1) is 8.97. The Morgan fingerprint density at radius 1 is 1.46 bits per heavy atom. The minimum atomic E-state index is -0.202. The van der Waals surface area contributed by atoms with Crippen LogP contribution in [0.2, 0.25) is 5.02 Å². The van der Waals surface area contributed by atoms with Crippen molar-refractivity contribution in [2.45, 2.75) is 6.42 Å². The number of rotatable bonds is 2. The van der Waals surface area contributed by atoms with E-state index in [4.69, 9.17) is 11.6 Å². The van der Waals surface area contributed by atoms with Crippen LogP contribution >= 0.6 is 11.6 Å². The third-order valence-corrected chi connectivity index (χ3v) is 2.75. The number of halogens is 2. The molecule has 13 heavy (non-hydrogen) atoms. The molecule has 0 bridgehead atoms. The second kappa shape index (κ2) is 3.64. The molecule has 0 atom stereocenters. The highest BCUT2D eigenvalue weighted by molar-refractivity contribution is 6.31. The van der Waals surface area contributed by atoms with Gasteiger partial charge in [0, 0.05) is 5.02 Å². The largest absolute Gasteiger partial charge is 0.316 e. The third-order valence-electron chi connectivity index (χ3n) is 2.38. The predicted octanol–water partition coefficient (Wildman–Crippen LogP) is 2.24. The first-order chi connectivity index (χ1) is 6.25. The van der Waals surface area contributed by atoms with Crippen LogP contribution in [0.15, 0.2) is 18.2 Å². The molecule has 1 fully saturated rings. The molecule has 0 aliphatic carbocycles. The molecule has 0 amide bonds. The summed E-state index contributed by atoms with van der Waals surface area (Å²) in [5.74, 6) is 0.422. The Hall–Kier alpha value is -0.600. The molecule has 2 rings (SSSR count). The Morgan fingerprint density at radius 2 is 2.23 bits per heavy atom. The Labute approximate surface area is 81.9 Å². The van der Waals surface area contributed by atoms with E-state index in [2.05, 4.69) is 5.32 Å². The molecule has 0 saturated carbocycles. The van der Waals surface area contributed by atoms with Gasteiger partial charge < -0.3 is 5.32 Å². The van der Waals surface area contributed by atoms with Gasteiger partial charge in [-0.05, 0) is 49.2 Å². The Kier molecular flexibility index (Phi) is 2.51. The standard InChI is InChI=1S/C10H11ClFN/c11-10-2-1-9(12)4-8(10)3-7-5-13-6-7/h1-2,4,7,13H,3,5-6H2. The molecule has 3 heteroatoms. The van der Waals surface area contributed by atoms with E-state index in [1.165, 1.54) is 12.1 Å². The maximum absolute atomic E-state index is 12.8. The summed E-state index contributed by atoms with van der Waals surface area (Å²) in [6, 6.07) is 4.55. The van der Waals surface area contributed by atoms with E-state index in [1.54, 1.807) is 6.07 Å². The van der Waals surface area contributed by atoms with Crippen LogP contribution < -0.4 is 5.32 Å². The molecular formula is C10H11ClFN. The monoisotopic (exact) mass is 199 g/mol. The topological polar surface area (TPSA) is 12.0 Å². The van der Waals surface area contributed by atoms with Crippen LogP contribution in [-0.4, -0.2) is 13.1 Å². The van der Waals surface area contributed by atoms with Gasteiger partial charge in [-0.3, -0.25) is 0 Å². The molecule has 1 aromatic rings. The lowest BCUT2D eigenvalue weighted by atomic mass is 9.94. The maximum Gasteiger partial charge on any atom is 0.123 e. The van der Waals surface area contributed by atoms with Gasteiger partial charge in [0.05, 0.1) is 0 Å². The van der Waals surface area contributed by atoms with E-state index in [9.17, 15) is 4.39 Å². The minimum absolute atomic E-state index is 0.202. The molecule has 1 saturated heterocycles. The molecule has 1 N–H and O–H groups in total. The fraction of sp³-hybridized carbons (Fsp3) is 0.400. The Morgan fingerprint density at radius 3 is 2.85 bits per heavy atom. The normalized spacial score (nSPS) is 17.1. The van der Waals surface area contributed by atoms with Gasteiger partial charge in [-0.15, -0.1) is 0 Å². The van der Waals surface area contributed by atoms with Crippen molar-refractivity contribution in [3.8, 4) is 0 Å². The average molecular weight is 200 g/mol. The summed E-state index contributed by atoms with van der Waals surface area (Å²) in [4.78, 5) is 0. The SMILES string of the molecule is Fc1ccc(Cl)c(CC2CNC2)c1. The van der Waals surface area contributed by atoms with Crippen molar-refractivity contribution < 1.29 is 4.39 Å². The summed E-state index contributed by atoms with van der Waals surface area (Å²) >= 11 is 5.93. The molecule has 1 heterocycles. The van der Waals surface area contributed by atoms with E-state index in [1.807, 2.05) is 0 Å². The molecule has 0 radical (unpaired) electrons. The zero-order valence-corrected chi connectivity index (χ0v) is 7.94. The highest BCUT2D eigenvalue weighted by Crippen LogP contribution is 2.21. The lowest BCUT2D eigenvalue weighted by Crippen LogP contribution is -2.43. The van der Waals surface area contributed by atoms with Crippen LogP contribution in [0.25, 0.3) is 0 Å². The van der Waals surface area contributed by atoms with Gasteiger partial charge in [0.1, 0.15) is 5.82 Å². The first-order valence-corrected chi connectivity index (χ1v) is 4.78. The van der Waals surface area contributed by atoms with Gasteiger partial charge in [-0.25, -0.2) is 4.39 Å². The number of benzene rings is 1. The summed E-state index contributed by atoms with van der Waals surface area (Å²) in [6.07, 6.45) is 0.879. The quantitative estimate of drug-likeness (QED) is 0.771. The van der Waals surface area contributed by atoms with Crippen LogP contribution in [0.5, 0.6) is 0 Å². The van der Waals surface area contributed by atoms with Crippen LogP contribution in [0.4, 0.5) is 4.39 Å². The van der Waals surface area contributed by atoms with E-state index >= 15 is 0 Å². The van der Waals surface area contributed by atoms with Gasteiger partial charge in [0.25, 0.3) is 0 Å². The zero-order chi connectivity index (χ0) is 9.26. The van der Waals surface area contributed by atoms with Crippen molar-refractivity contribution >= 4 is 11.6 Å². The van der Waals surface area contributed by atoms with Crippen molar-refractivity contribution in [3.05, 3.63) is 34.6 Å². The second-order valence-electron chi connectivity index (χ2n) is 3.46. The van der Waals surface area contributed by atoms with Gasteiger partial charge in [-0.2, -0.15) is 0 Å². The molecule has 1 aliphatic rings. The highest BCUT2D eigenvalue weighted by atomic mass is 35.5. The average Bonchev–Trinajstić information content (AvgIpc) is 2.03. The lowest BCUT2D eigenvalue weighted by Gasteiger charge is -2.27. The summed E-state index contributed by atoms with van der Waals surface area (Å²) in [5.41, 5.74) is 0.924.